The summed E-state index contributed by atoms with van der Waals surface area (Å²) in [4.78, 5) is 9.15. The van der Waals surface area contributed by atoms with E-state index in [2.05, 4.69) is 15.9 Å². The summed E-state index contributed by atoms with van der Waals surface area (Å²) in [6.07, 6.45) is 5.65. The minimum atomic E-state index is 0.313. The molecule has 26 heavy (non-hydrogen) atoms. The van der Waals surface area contributed by atoms with Crippen molar-refractivity contribution in [3.8, 4) is 35.4 Å². The van der Waals surface area contributed by atoms with Crippen LogP contribution in [0.25, 0.3) is 22.2 Å². The molecule has 0 saturated carbocycles. The van der Waals surface area contributed by atoms with E-state index in [0.29, 0.717) is 36.4 Å². The molecular weight excluding hydrogens is 326 g/mol. The van der Waals surface area contributed by atoms with E-state index in [4.69, 9.17) is 21.6 Å². The van der Waals surface area contributed by atoms with Crippen LogP contribution in [-0.2, 0) is 0 Å². The van der Waals surface area contributed by atoms with Crippen LogP contribution in [0.4, 0.5) is 5.69 Å². The van der Waals surface area contributed by atoms with Gasteiger partial charge in [0.15, 0.2) is 0 Å². The summed E-state index contributed by atoms with van der Waals surface area (Å²) in [5.41, 5.74) is 10.6. The maximum Gasteiger partial charge on any atom is 0.317 e. The number of hydrogen-bond donors (Lipinski definition) is 1. The van der Waals surface area contributed by atoms with Crippen LogP contribution in [0.2, 0.25) is 0 Å². The van der Waals surface area contributed by atoms with Crippen LogP contribution in [0.1, 0.15) is 25.0 Å². The molecule has 0 fully saturated rings. The fourth-order valence-electron chi connectivity index (χ4n) is 2.93. The number of fused-ring (bicyclic) bond motifs is 1. The zero-order chi connectivity index (χ0) is 18.7. The van der Waals surface area contributed by atoms with Crippen molar-refractivity contribution in [2.24, 2.45) is 0 Å². The van der Waals surface area contributed by atoms with Gasteiger partial charge in [0.1, 0.15) is 5.75 Å². The Hall–Kier alpha value is -3.26. The van der Waals surface area contributed by atoms with Crippen LogP contribution in [0.15, 0.2) is 30.3 Å². The first-order valence-electron chi connectivity index (χ1n) is 8.52. The molecule has 0 amide bonds. The zero-order valence-electron chi connectivity index (χ0n) is 15.2. The second-order valence-electron chi connectivity index (χ2n) is 5.76. The second-order valence-corrected chi connectivity index (χ2v) is 5.76. The van der Waals surface area contributed by atoms with Gasteiger partial charge in [0.2, 0.25) is 0 Å². The van der Waals surface area contributed by atoms with Crippen molar-refractivity contribution in [2.75, 3.05) is 18.9 Å². The fourth-order valence-corrected chi connectivity index (χ4v) is 2.93. The van der Waals surface area contributed by atoms with Gasteiger partial charge in [-0.2, -0.15) is 9.97 Å². The Labute approximate surface area is 153 Å². The van der Waals surface area contributed by atoms with Crippen molar-refractivity contribution in [1.29, 1.82) is 0 Å². The molecule has 3 aromatic rings. The largest absolute Gasteiger partial charge is 0.493 e. The van der Waals surface area contributed by atoms with Crippen LogP contribution in [0.3, 0.4) is 0 Å². The average molecular weight is 347 g/mol. The maximum absolute atomic E-state index is 6.08. The molecule has 1 aromatic heterocycles. The van der Waals surface area contributed by atoms with Crippen molar-refractivity contribution in [2.45, 2.75) is 20.8 Å². The molecule has 0 aliphatic heterocycles. The third-order valence-corrected chi connectivity index (χ3v) is 4.08. The SMILES string of the molecule is C#Cc1cc(N)cc(-c2nc(OCC)nc3cccc(OCC)c23)c1C. The highest BCUT2D eigenvalue weighted by atomic mass is 16.5. The summed E-state index contributed by atoms with van der Waals surface area (Å²) in [5, 5.41) is 0.814. The van der Waals surface area contributed by atoms with Gasteiger partial charge in [0.25, 0.3) is 0 Å². The Balaban J connectivity index is 2.40. The first-order chi connectivity index (χ1) is 12.6. The van der Waals surface area contributed by atoms with Crippen molar-refractivity contribution in [3.05, 3.63) is 41.5 Å². The molecule has 5 heteroatoms. The van der Waals surface area contributed by atoms with E-state index in [-0.39, 0.29) is 0 Å². The van der Waals surface area contributed by atoms with E-state index in [9.17, 15) is 0 Å². The molecule has 0 atom stereocenters. The van der Waals surface area contributed by atoms with Gasteiger partial charge in [-0.05, 0) is 50.6 Å². The Morgan fingerprint density at radius 1 is 1.12 bits per heavy atom. The molecule has 132 valence electrons. The Bertz CT molecular complexity index is 1010. The molecule has 2 N–H and O–H groups in total. The van der Waals surface area contributed by atoms with Crippen molar-refractivity contribution >= 4 is 16.6 Å². The highest BCUT2D eigenvalue weighted by Crippen LogP contribution is 2.37. The summed E-state index contributed by atoms with van der Waals surface area (Å²) in [6, 6.07) is 9.69. The number of rotatable bonds is 5. The van der Waals surface area contributed by atoms with Gasteiger partial charge in [0.05, 0.1) is 29.8 Å². The van der Waals surface area contributed by atoms with E-state index in [1.807, 2.05) is 45.0 Å². The Kier molecular flexibility index (Phi) is 4.94. The van der Waals surface area contributed by atoms with E-state index >= 15 is 0 Å². The summed E-state index contributed by atoms with van der Waals surface area (Å²) in [5.74, 6) is 3.40. The summed E-state index contributed by atoms with van der Waals surface area (Å²) >= 11 is 0. The third kappa shape index (κ3) is 3.14. The number of aromatic nitrogens is 2. The van der Waals surface area contributed by atoms with Gasteiger partial charge in [-0.25, -0.2) is 0 Å². The first-order valence-corrected chi connectivity index (χ1v) is 8.52. The number of nitrogen functional groups attached to an aromatic ring is 1. The lowest BCUT2D eigenvalue weighted by atomic mass is 9.96. The van der Waals surface area contributed by atoms with E-state index in [0.717, 1.165) is 27.6 Å². The zero-order valence-corrected chi connectivity index (χ0v) is 15.2. The number of nitrogens with two attached hydrogens (primary N) is 1. The maximum atomic E-state index is 6.08. The molecule has 0 aliphatic carbocycles. The van der Waals surface area contributed by atoms with E-state index in [1.54, 1.807) is 6.07 Å². The van der Waals surface area contributed by atoms with Crippen LogP contribution in [0, 0.1) is 19.3 Å². The predicted molar refractivity (Wildman–Crippen MR) is 104 cm³/mol. The normalized spacial score (nSPS) is 10.5. The molecule has 0 saturated heterocycles. The number of anilines is 1. The standard InChI is InChI=1S/C21H21N3O2/c1-5-14-11-15(22)12-16(13(14)4)20-19-17(23-21(24-20)26-7-3)9-8-10-18(19)25-6-2/h1,8-12H,6-7,22H2,2-4H3. The molecular formula is C21H21N3O2. The van der Waals surface area contributed by atoms with Gasteiger partial charge in [0, 0.05) is 16.8 Å². The lowest BCUT2D eigenvalue weighted by molar-refractivity contribution is 0.314. The topological polar surface area (TPSA) is 70.3 Å². The third-order valence-electron chi connectivity index (χ3n) is 4.08. The van der Waals surface area contributed by atoms with Crippen LogP contribution < -0.4 is 15.2 Å². The quantitative estimate of drug-likeness (QED) is 0.559. The fraction of sp³-hybridized carbons (Fsp3) is 0.238. The molecule has 1 heterocycles. The molecule has 0 unspecified atom stereocenters. The molecule has 0 aliphatic rings. The van der Waals surface area contributed by atoms with Crippen molar-refractivity contribution in [1.82, 2.24) is 9.97 Å². The lowest BCUT2D eigenvalue weighted by Crippen LogP contribution is -2.03. The minimum Gasteiger partial charge on any atom is -0.493 e. The van der Waals surface area contributed by atoms with Gasteiger partial charge in [-0.15, -0.1) is 6.42 Å². The van der Waals surface area contributed by atoms with E-state index in [1.165, 1.54) is 0 Å². The number of ether oxygens (including phenoxy) is 2. The Morgan fingerprint density at radius 2 is 1.88 bits per heavy atom. The first kappa shape index (κ1) is 17.6. The molecule has 0 spiro atoms. The predicted octanol–water partition coefficient (Wildman–Crippen LogP) is 3.97. The van der Waals surface area contributed by atoms with Crippen LogP contribution in [0.5, 0.6) is 11.8 Å². The summed E-state index contributed by atoms with van der Waals surface area (Å²) < 4.78 is 11.4. The average Bonchev–Trinajstić information content (AvgIpc) is 2.63. The molecule has 0 radical (unpaired) electrons. The van der Waals surface area contributed by atoms with Gasteiger partial charge < -0.3 is 15.2 Å². The van der Waals surface area contributed by atoms with Crippen molar-refractivity contribution < 1.29 is 9.47 Å². The highest BCUT2D eigenvalue weighted by molar-refractivity contribution is 5.98. The summed E-state index contributed by atoms with van der Waals surface area (Å²) in [6.45, 7) is 6.81. The van der Waals surface area contributed by atoms with E-state index < -0.39 is 0 Å². The molecule has 3 rings (SSSR count). The van der Waals surface area contributed by atoms with Crippen LogP contribution in [-0.4, -0.2) is 23.2 Å². The van der Waals surface area contributed by atoms with Gasteiger partial charge >= 0.3 is 6.01 Å². The van der Waals surface area contributed by atoms with Crippen LogP contribution >= 0.6 is 0 Å². The Morgan fingerprint density at radius 3 is 2.58 bits per heavy atom. The number of terminal acetylenes is 1. The monoisotopic (exact) mass is 347 g/mol. The smallest absolute Gasteiger partial charge is 0.317 e. The lowest BCUT2D eigenvalue weighted by Gasteiger charge is -2.15. The van der Waals surface area contributed by atoms with Crippen molar-refractivity contribution in [3.63, 3.8) is 0 Å². The number of hydrogen-bond acceptors (Lipinski definition) is 5. The minimum absolute atomic E-state index is 0.313. The second kappa shape index (κ2) is 7.32. The summed E-state index contributed by atoms with van der Waals surface area (Å²) in [7, 11) is 0. The highest BCUT2D eigenvalue weighted by Gasteiger charge is 2.18. The van der Waals surface area contributed by atoms with Gasteiger partial charge in [-0.3, -0.25) is 0 Å². The molecule has 2 aromatic carbocycles. The number of benzene rings is 2. The number of nitrogens with zero attached hydrogens (tertiary/aromatic N) is 2. The van der Waals surface area contributed by atoms with Gasteiger partial charge in [-0.1, -0.05) is 12.0 Å². The molecule has 0 bridgehead atoms. The molecule has 5 nitrogen and oxygen atoms in total.